The molecule has 0 radical (unpaired) electrons. The summed E-state index contributed by atoms with van der Waals surface area (Å²) in [6.45, 7) is 6.01. The van der Waals surface area contributed by atoms with Crippen molar-refractivity contribution in [1.82, 2.24) is 4.98 Å². The molecule has 3 nitrogen and oxygen atoms in total. The van der Waals surface area contributed by atoms with Crippen LogP contribution in [0.4, 0.5) is 0 Å². The molecule has 0 amide bonds. The van der Waals surface area contributed by atoms with Crippen molar-refractivity contribution in [2.24, 2.45) is 5.92 Å². The second-order valence-corrected chi connectivity index (χ2v) is 6.47. The highest BCUT2D eigenvalue weighted by molar-refractivity contribution is 7.11. The highest BCUT2D eigenvalue weighted by Gasteiger charge is 2.20. The van der Waals surface area contributed by atoms with Gasteiger partial charge in [0.25, 0.3) is 0 Å². The number of aromatic nitrogens is 1. The first-order chi connectivity index (χ1) is 9.45. The Morgan fingerprint density at radius 3 is 2.60 bits per heavy atom. The van der Waals surface area contributed by atoms with E-state index in [2.05, 4.69) is 4.98 Å². The van der Waals surface area contributed by atoms with Gasteiger partial charge in [0.1, 0.15) is 0 Å². The molecule has 2 rings (SSSR count). The molecule has 1 unspecified atom stereocenters. The number of aryl methyl sites for hydroxylation is 3. The molecule has 0 saturated heterocycles. The van der Waals surface area contributed by atoms with Crippen LogP contribution in [0.25, 0.3) is 0 Å². The van der Waals surface area contributed by atoms with Gasteiger partial charge in [-0.3, -0.25) is 4.79 Å². The zero-order valence-electron chi connectivity index (χ0n) is 12.0. The number of carbonyl (C=O) groups is 1. The molecule has 0 bridgehead atoms. The van der Waals surface area contributed by atoms with E-state index in [0.717, 1.165) is 21.8 Å². The van der Waals surface area contributed by atoms with Crippen molar-refractivity contribution in [3.05, 3.63) is 51.0 Å². The minimum Gasteiger partial charge on any atom is -0.481 e. The molecule has 4 heteroatoms. The first kappa shape index (κ1) is 14.7. The van der Waals surface area contributed by atoms with E-state index in [0.29, 0.717) is 12.8 Å². The third kappa shape index (κ3) is 3.67. The van der Waals surface area contributed by atoms with Gasteiger partial charge in [-0.25, -0.2) is 4.98 Å². The maximum atomic E-state index is 11.5. The summed E-state index contributed by atoms with van der Waals surface area (Å²) in [6.07, 6.45) is 1.05. The van der Waals surface area contributed by atoms with E-state index in [4.69, 9.17) is 0 Å². The van der Waals surface area contributed by atoms with Crippen LogP contribution in [-0.2, 0) is 17.6 Å². The molecule has 0 aliphatic heterocycles. The van der Waals surface area contributed by atoms with Gasteiger partial charge in [-0.1, -0.05) is 29.8 Å². The summed E-state index contributed by atoms with van der Waals surface area (Å²) in [5.41, 5.74) is 3.24. The van der Waals surface area contributed by atoms with Gasteiger partial charge in [-0.15, -0.1) is 11.3 Å². The second-order valence-electron chi connectivity index (χ2n) is 5.18. The minimum atomic E-state index is -0.753. The molecular formula is C16H19NO2S. The van der Waals surface area contributed by atoms with Crippen molar-refractivity contribution >= 4 is 17.3 Å². The summed E-state index contributed by atoms with van der Waals surface area (Å²) in [5.74, 6) is -1.17. The Kier molecular flexibility index (Phi) is 4.55. The summed E-state index contributed by atoms with van der Waals surface area (Å²) >= 11 is 1.60. The van der Waals surface area contributed by atoms with Crippen LogP contribution < -0.4 is 0 Å². The van der Waals surface area contributed by atoms with Crippen molar-refractivity contribution in [1.29, 1.82) is 0 Å². The van der Waals surface area contributed by atoms with Crippen LogP contribution in [-0.4, -0.2) is 16.1 Å². The molecular weight excluding hydrogens is 270 g/mol. The van der Waals surface area contributed by atoms with E-state index in [1.807, 2.05) is 45.0 Å². The normalized spacial score (nSPS) is 12.3. The third-order valence-electron chi connectivity index (χ3n) is 3.41. The zero-order valence-corrected chi connectivity index (χ0v) is 12.8. The minimum absolute atomic E-state index is 0.415. The Bertz CT molecular complexity index is 599. The Labute approximate surface area is 123 Å². The predicted octanol–water partition coefficient (Wildman–Crippen LogP) is 3.55. The molecule has 0 spiro atoms. The Morgan fingerprint density at radius 1 is 1.30 bits per heavy atom. The lowest BCUT2D eigenvalue weighted by Crippen LogP contribution is -2.19. The van der Waals surface area contributed by atoms with Gasteiger partial charge >= 0.3 is 5.97 Å². The monoisotopic (exact) mass is 289 g/mol. The van der Waals surface area contributed by atoms with E-state index >= 15 is 0 Å². The van der Waals surface area contributed by atoms with Crippen LogP contribution >= 0.6 is 11.3 Å². The average molecular weight is 289 g/mol. The fraction of sp³-hybridized carbons (Fsp3) is 0.375. The number of rotatable bonds is 5. The summed E-state index contributed by atoms with van der Waals surface area (Å²) in [5, 5.41) is 10.3. The molecule has 1 aromatic carbocycles. The molecule has 106 valence electrons. The summed E-state index contributed by atoms with van der Waals surface area (Å²) in [7, 11) is 0. The topological polar surface area (TPSA) is 50.2 Å². The van der Waals surface area contributed by atoms with Crippen molar-refractivity contribution in [3.63, 3.8) is 0 Å². The molecule has 1 N–H and O–H groups in total. The predicted molar refractivity (Wildman–Crippen MR) is 81.3 cm³/mol. The van der Waals surface area contributed by atoms with Gasteiger partial charge < -0.3 is 5.11 Å². The van der Waals surface area contributed by atoms with Crippen LogP contribution in [0.3, 0.4) is 0 Å². The highest BCUT2D eigenvalue weighted by atomic mass is 32.1. The molecule has 1 atom stereocenters. The SMILES string of the molecule is Cc1cccc(CC(Cc2nc(C)c(C)s2)C(=O)O)c1. The van der Waals surface area contributed by atoms with Gasteiger partial charge in [-0.2, -0.15) is 0 Å². The zero-order chi connectivity index (χ0) is 14.7. The molecule has 1 heterocycles. The van der Waals surface area contributed by atoms with Crippen molar-refractivity contribution in [3.8, 4) is 0 Å². The summed E-state index contributed by atoms with van der Waals surface area (Å²) in [6, 6.07) is 8.03. The second kappa shape index (κ2) is 6.18. The Balaban J connectivity index is 2.13. The van der Waals surface area contributed by atoms with Gasteiger partial charge in [0, 0.05) is 11.3 Å². The maximum Gasteiger partial charge on any atom is 0.307 e. The first-order valence-electron chi connectivity index (χ1n) is 6.67. The summed E-state index contributed by atoms with van der Waals surface area (Å²) < 4.78 is 0. The van der Waals surface area contributed by atoms with E-state index < -0.39 is 11.9 Å². The maximum absolute atomic E-state index is 11.5. The number of hydrogen-bond acceptors (Lipinski definition) is 3. The number of nitrogens with zero attached hydrogens (tertiary/aromatic N) is 1. The molecule has 0 aliphatic rings. The smallest absolute Gasteiger partial charge is 0.307 e. The van der Waals surface area contributed by atoms with E-state index in [9.17, 15) is 9.90 Å². The summed E-state index contributed by atoms with van der Waals surface area (Å²) in [4.78, 5) is 17.1. The van der Waals surface area contributed by atoms with Gasteiger partial charge in [0.05, 0.1) is 16.6 Å². The number of carboxylic acids is 1. The number of benzene rings is 1. The van der Waals surface area contributed by atoms with E-state index in [1.165, 1.54) is 4.88 Å². The fourth-order valence-electron chi connectivity index (χ4n) is 2.21. The average Bonchev–Trinajstić information content (AvgIpc) is 2.67. The highest BCUT2D eigenvalue weighted by Crippen LogP contribution is 2.22. The fourth-order valence-corrected chi connectivity index (χ4v) is 3.22. The van der Waals surface area contributed by atoms with Crippen LogP contribution in [0, 0.1) is 26.7 Å². The van der Waals surface area contributed by atoms with Crippen LogP contribution in [0.5, 0.6) is 0 Å². The number of aliphatic carboxylic acids is 1. The lowest BCUT2D eigenvalue weighted by Gasteiger charge is -2.11. The van der Waals surface area contributed by atoms with Gasteiger partial charge in [0.15, 0.2) is 0 Å². The van der Waals surface area contributed by atoms with Crippen molar-refractivity contribution in [2.75, 3.05) is 0 Å². The van der Waals surface area contributed by atoms with Crippen LogP contribution in [0.15, 0.2) is 24.3 Å². The van der Waals surface area contributed by atoms with Gasteiger partial charge in [-0.05, 0) is 32.8 Å². The number of carboxylic acid groups (broad SMARTS) is 1. The molecule has 20 heavy (non-hydrogen) atoms. The van der Waals surface area contributed by atoms with E-state index in [1.54, 1.807) is 11.3 Å². The van der Waals surface area contributed by atoms with Crippen LogP contribution in [0.1, 0.15) is 26.7 Å². The van der Waals surface area contributed by atoms with Crippen molar-refractivity contribution < 1.29 is 9.90 Å². The molecule has 2 aromatic rings. The molecule has 0 saturated carbocycles. The third-order valence-corrected chi connectivity index (χ3v) is 4.50. The first-order valence-corrected chi connectivity index (χ1v) is 7.48. The van der Waals surface area contributed by atoms with Crippen molar-refractivity contribution in [2.45, 2.75) is 33.6 Å². The molecule has 0 aliphatic carbocycles. The molecule has 1 aromatic heterocycles. The van der Waals surface area contributed by atoms with Gasteiger partial charge in [0.2, 0.25) is 0 Å². The number of hydrogen-bond donors (Lipinski definition) is 1. The number of thiazole rings is 1. The van der Waals surface area contributed by atoms with E-state index in [-0.39, 0.29) is 0 Å². The molecule has 0 fully saturated rings. The largest absolute Gasteiger partial charge is 0.481 e. The lowest BCUT2D eigenvalue weighted by molar-refractivity contribution is -0.141. The Hall–Kier alpha value is -1.68. The Morgan fingerprint density at radius 2 is 2.05 bits per heavy atom. The standard InChI is InChI=1S/C16H19NO2S/c1-10-5-4-6-13(7-10)8-14(16(18)19)9-15-17-11(2)12(3)20-15/h4-7,14H,8-9H2,1-3H3,(H,18,19). The quantitative estimate of drug-likeness (QED) is 0.915. The lowest BCUT2D eigenvalue weighted by atomic mass is 9.96. The van der Waals surface area contributed by atoms with Crippen LogP contribution in [0.2, 0.25) is 0 Å².